The van der Waals surface area contributed by atoms with Crippen molar-refractivity contribution in [2.45, 2.75) is 104 Å². The number of para-hydroxylation sites is 1. The zero-order valence-electron chi connectivity index (χ0n) is 39.3. The van der Waals surface area contributed by atoms with Crippen molar-refractivity contribution in [3.8, 4) is 11.8 Å². The highest BCUT2D eigenvalue weighted by Crippen LogP contribution is 2.32. The van der Waals surface area contributed by atoms with Crippen molar-refractivity contribution in [1.29, 1.82) is 0 Å². The number of benzene rings is 1. The van der Waals surface area contributed by atoms with E-state index < -0.39 is 11.9 Å². The topological polar surface area (TPSA) is 279 Å². The molecule has 19 heteroatoms. The molecule has 0 fully saturated rings. The second-order valence-electron chi connectivity index (χ2n) is 15.5. The van der Waals surface area contributed by atoms with Gasteiger partial charge in [-0.25, -0.2) is 29.8 Å². The molecule has 0 radical (unpaired) electrons. The first-order chi connectivity index (χ1) is 32.6. The average Bonchev–Trinajstić information content (AvgIpc) is 4.21. The number of carboxylic acids is 2. The summed E-state index contributed by atoms with van der Waals surface area (Å²) in [5.41, 5.74) is 14.2. The van der Waals surface area contributed by atoms with Crippen LogP contribution in [0, 0.1) is 11.8 Å². The summed E-state index contributed by atoms with van der Waals surface area (Å²) in [4.78, 5) is 58.5. The van der Waals surface area contributed by atoms with Gasteiger partial charge in [-0.15, -0.1) is 5.92 Å². The molecule has 0 aliphatic heterocycles. The van der Waals surface area contributed by atoms with Crippen molar-refractivity contribution in [3.63, 3.8) is 0 Å². The fraction of sp³-hybridized carbons (Fsp3) is 0.333. The number of fused-ring (bicyclic) bond motifs is 3. The number of pyridine rings is 3. The van der Waals surface area contributed by atoms with Crippen molar-refractivity contribution in [2.24, 2.45) is 0 Å². The van der Waals surface area contributed by atoms with Gasteiger partial charge >= 0.3 is 11.9 Å². The van der Waals surface area contributed by atoms with Crippen molar-refractivity contribution < 1.29 is 45.5 Å². The van der Waals surface area contributed by atoms with Crippen LogP contribution < -0.4 is 0 Å². The quantitative estimate of drug-likeness (QED) is 0.0177. The molecule has 2 aliphatic carbocycles. The fourth-order valence-electron chi connectivity index (χ4n) is 7.91. The third kappa shape index (κ3) is 17.8. The summed E-state index contributed by atoms with van der Waals surface area (Å²) in [5, 5.41) is 31.0. The third-order valence-corrected chi connectivity index (χ3v) is 11.3. The number of nitrogens with one attached hydrogen (secondary N) is 3. The van der Waals surface area contributed by atoms with E-state index in [0.717, 1.165) is 24.1 Å². The Bertz CT molecular complexity index is 2550. The largest absolute Gasteiger partial charge is 0.478 e. The van der Waals surface area contributed by atoms with Gasteiger partial charge in [-0.05, 0) is 120 Å². The van der Waals surface area contributed by atoms with Gasteiger partial charge in [-0.1, -0.05) is 52.3 Å². The lowest BCUT2D eigenvalue weighted by Crippen LogP contribution is -2.11. The molecule has 6 aromatic heterocycles. The first-order valence-electron chi connectivity index (χ1n) is 22.0. The number of aromatic amines is 3. The number of carbonyl (C=O) groups is 2. The number of hydrogen-bond donors (Lipinski definition) is 6. The minimum atomic E-state index is -1.26. The highest BCUT2D eigenvalue weighted by Gasteiger charge is 2.21. The van der Waals surface area contributed by atoms with E-state index in [2.05, 4.69) is 117 Å². The van der Waals surface area contributed by atoms with Gasteiger partial charge in [0.05, 0.1) is 24.5 Å². The number of hydrogen-bond acceptors (Lipinski definition) is 12. The van der Waals surface area contributed by atoms with E-state index in [0.29, 0.717) is 29.9 Å². The van der Waals surface area contributed by atoms with Gasteiger partial charge in [0.2, 0.25) is 0 Å². The maximum absolute atomic E-state index is 9.55. The maximum Gasteiger partial charge on any atom is 0.328 e. The predicted octanol–water partition coefficient (Wildman–Crippen LogP) is 8.72. The normalized spacial score (nSPS) is 13.1. The average molecular weight is 980 g/mol. The van der Waals surface area contributed by atoms with E-state index in [4.69, 9.17) is 15.5 Å². The maximum atomic E-state index is 9.55. The van der Waals surface area contributed by atoms with Gasteiger partial charge in [0.25, 0.3) is 0 Å². The summed E-state index contributed by atoms with van der Waals surface area (Å²) in [6.45, 7) is 8.38. The van der Waals surface area contributed by atoms with Crippen LogP contribution in [0.3, 0.4) is 0 Å². The second kappa shape index (κ2) is 32.0. The first kappa shape index (κ1) is 59.2. The highest BCUT2D eigenvalue weighted by molar-refractivity contribution is 6.92. The van der Waals surface area contributed by atoms with Crippen LogP contribution in [0.4, 0.5) is 0 Å². The van der Waals surface area contributed by atoms with Crippen molar-refractivity contribution in [1.82, 2.24) is 44.9 Å². The summed E-state index contributed by atoms with van der Waals surface area (Å²) >= 11 is 0. The molecule has 0 saturated heterocycles. The predicted molar refractivity (Wildman–Crippen MR) is 272 cm³/mol. The number of carboxylic acid groups (broad SMARTS) is 2. The van der Waals surface area contributed by atoms with Gasteiger partial charge in [-0.3, -0.25) is 15.0 Å². The van der Waals surface area contributed by atoms with E-state index in [1.54, 1.807) is 25.9 Å². The fourth-order valence-corrected chi connectivity index (χ4v) is 7.91. The standard InChI is InChI=1S/2C14H17N3.C14H13N3.C4H6O4.C4H4O4.CH4.H2O.H3P/c3*1-10(14-8-15-9-17-14)11-6-7-16-13-5-3-2-4-12(11)13;1-2-3-4-6-8-7-5;5-3(6)1-2-4(7)8;;;/h2*6-10H,2-5H2,1H3,(H,15,17);2-10H,1H3,(H,15,17);5H,4H2,1H3;1-2H,(H,5,6)(H,7,8);1H4;1H2;1H3/b;;;;2-1+;;;. The van der Waals surface area contributed by atoms with Crippen molar-refractivity contribution in [2.75, 3.05) is 6.61 Å². The Labute approximate surface area is 411 Å². The van der Waals surface area contributed by atoms with Gasteiger partial charge < -0.3 is 30.6 Å². The first-order valence-corrected chi connectivity index (χ1v) is 22.0. The Balaban J connectivity index is 0.000000308. The van der Waals surface area contributed by atoms with E-state index in [1.165, 1.54) is 94.5 Å². The number of aromatic nitrogens is 9. The Morgan fingerprint density at radius 2 is 1.10 bits per heavy atom. The van der Waals surface area contributed by atoms with Crippen LogP contribution in [0.25, 0.3) is 10.9 Å². The van der Waals surface area contributed by atoms with E-state index >= 15 is 0 Å². The number of imidazole rings is 3. The molecule has 0 amide bonds. The summed E-state index contributed by atoms with van der Waals surface area (Å²) in [5.74, 6) is 3.58. The molecular weight excluding hydrogens is 914 g/mol. The Kier molecular flexibility index (Phi) is 27.0. The minimum absolute atomic E-state index is 0. The molecule has 1 aromatic carbocycles. The molecule has 6 heterocycles. The molecule has 0 spiro atoms. The van der Waals surface area contributed by atoms with Crippen LogP contribution in [0.15, 0.2) is 111 Å². The molecule has 2 aliphatic rings. The van der Waals surface area contributed by atoms with Crippen LogP contribution in [0.2, 0.25) is 0 Å². The van der Waals surface area contributed by atoms with Gasteiger partial charge in [0, 0.05) is 101 Å². The molecule has 70 heavy (non-hydrogen) atoms. The Morgan fingerprint density at radius 1 is 0.671 bits per heavy atom. The number of aryl methyl sites for hydroxylation is 2. The molecule has 4 atom stereocenters. The molecular formula is C51H66N9O9P. The van der Waals surface area contributed by atoms with Crippen LogP contribution in [-0.2, 0) is 50.2 Å². The molecule has 0 bridgehead atoms. The van der Waals surface area contributed by atoms with Crippen LogP contribution in [-0.4, -0.2) is 84.3 Å². The lowest BCUT2D eigenvalue weighted by molar-refractivity contribution is -0.620. The smallest absolute Gasteiger partial charge is 0.328 e. The minimum Gasteiger partial charge on any atom is -0.478 e. The molecule has 9 rings (SSSR count). The number of rotatable bonds is 11. The third-order valence-electron chi connectivity index (χ3n) is 11.3. The van der Waals surface area contributed by atoms with Crippen molar-refractivity contribution in [3.05, 3.63) is 167 Å². The molecule has 8 N–H and O–H groups in total. The molecule has 7 aromatic rings. The second-order valence-corrected chi connectivity index (χ2v) is 15.5. The highest BCUT2D eigenvalue weighted by atomic mass is 31.0. The number of nitrogens with zero attached hydrogens (tertiary/aromatic N) is 6. The van der Waals surface area contributed by atoms with Gasteiger partial charge in [-0.2, -0.15) is 14.8 Å². The van der Waals surface area contributed by atoms with Gasteiger partial charge in [0.15, 0.2) is 0 Å². The zero-order valence-corrected chi connectivity index (χ0v) is 40.7. The lowest BCUT2D eigenvalue weighted by Gasteiger charge is -2.21. The van der Waals surface area contributed by atoms with Crippen molar-refractivity contribution >= 4 is 32.7 Å². The van der Waals surface area contributed by atoms with E-state index in [-0.39, 0.29) is 29.4 Å². The molecule has 374 valence electrons. The molecule has 18 nitrogen and oxygen atoms in total. The van der Waals surface area contributed by atoms with Crippen LogP contribution >= 0.6 is 9.90 Å². The molecule has 0 saturated carbocycles. The molecule has 4 unspecified atom stereocenters. The lowest BCUT2D eigenvalue weighted by atomic mass is 9.86. The van der Waals surface area contributed by atoms with E-state index in [1.807, 2.05) is 55.4 Å². The summed E-state index contributed by atoms with van der Waals surface area (Å²) < 4.78 is 0. The monoisotopic (exact) mass is 979 g/mol. The zero-order chi connectivity index (χ0) is 47.8. The Morgan fingerprint density at radius 3 is 1.53 bits per heavy atom. The van der Waals surface area contributed by atoms with Crippen LogP contribution in [0.5, 0.6) is 0 Å². The SMILES string of the molecule is C.CC#CCOOOO.CC(c1cnc[nH]1)c1ccnc2c1CCCC2.CC(c1cnc[nH]1)c1ccnc2c1CCCC2.CC(c1cnc[nH]1)c1ccnc2ccccc12.O.O=C(O)/C=C/C(=O)O.P. The Hall–Kier alpha value is -6.97. The van der Waals surface area contributed by atoms with Crippen LogP contribution in [0.1, 0.15) is 135 Å². The summed E-state index contributed by atoms with van der Waals surface area (Å²) in [6.07, 6.45) is 27.6. The summed E-state index contributed by atoms with van der Waals surface area (Å²) in [7, 11) is 0. The van der Waals surface area contributed by atoms with Gasteiger partial charge in [0.1, 0.15) is 6.61 Å². The number of H-pyrrole nitrogens is 3. The van der Waals surface area contributed by atoms with E-state index in [9.17, 15) is 9.59 Å². The number of aliphatic carboxylic acids is 2. The summed E-state index contributed by atoms with van der Waals surface area (Å²) in [6, 6.07) is 14.6.